The maximum atomic E-state index is 13.0. The molecule has 20 heteroatoms. The monoisotopic (exact) mass is 1090 g/mol. The normalized spacial score (nSPS) is 19.0. The van der Waals surface area contributed by atoms with Crippen LogP contribution in [0.25, 0.3) is 21.8 Å². The van der Waals surface area contributed by atoms with Gasteiger partial charge in [0.15, 0.2) is 10.2 Å². The van der Waals surface area contributed by atoms with Crippen molar-refractivity contribution < 1.29 is 46.1 Å². The molecule has 0 aliphatic carbocycles. The van der Waals surface area contributed by atoms with Gasteiger partial charge in [-0.15, -0.1) is 0 Å². The summed E-state index contributed by atoms with van der Waals surface area (Å²) in [4.78, 5) is 39.5. The predicted octanol–water partition coefficient (Wildman–Crippen LogP) is 11.9. The van der Waals surface area contributed by atoms with E-state index < -0.39 is 47.5 Å². The molecule has 0 spiro atoms. The number of nitrogens with zero attached hydrogens (tertiary/aromatic N) is 4. The summed E-state index contributed by atoms with van der Waals surface area (Å²) in [5.41, 5.74) is 4.21. The molecule has 4 saturated heterocycles. The molecule has 0 amide bonds. The van der Waals surface area contributed by atoms with E-state index in [0.717, 1.165) is 87.2 Å². The van der Waals surface area contributed by atoms with Gasteiger partial charge < -0.3 is 40.6 Å². The summed E-state index contributed by atoms with van der Waals surface area (Å²) in [5, 5.41) is 29.5. The van der Waals surface area contributed by atoms with Gasteiger partial charge >= 0.3 is 24.3 Å². The Balaban J connectivity index is 0.000000186. The number of hydrogen-bond acceptors (Lipinski definition) is 6. The zero-order chi connectivity index (χ0) is 53.7. The number of fused-ring (bicyclic) bond motifs is 2. The zero-order valence-electron chi connectivity index (χ0n) is 41.8. The second-order valence-corrected chi connectivity index (χ2v) is 21.2. The Morgan fingerprint density at radius 1 is 0.513 bits per heavy atom. The lowest BCUT2D eigenvalue weighted by atomic mass is 9.84. The van der Waals surface area contributed by atoms with Gasteiger partial charge in [0, 0.05) is 71.8 Å². The quantitative estimate of drug-likeness (QED) is 0.0574. The minimum Gasteiger partial charge on any atom is -0.480 e. The van der Waals surface area contributed by atoms with Crippen LogP contribution >= 0.6 is 24.4 Å². The average molecular weight is 1090 g/mol. The fraction of sp³-hybridized carbons (Fsp3) is 0.429. The number of carboxylic acid groups (broad SMARTS) is 2. The van der Waals surface area contributed by atoms with Crippen molar-refractivity contribution in [3.63, 3.8) is 0 Å². The minimum absolute atomic E-state index is 0.00949. The summed E-state index contributed by atoms with van der Waals surface area (Å²) >= 11 is 11.0. The SMILES string of the molecule is O=C(O)C(C1CCN(C(=S)Nc2ccc(C(F)(F)F)cc2)CC1)N1CCC(c2c[nH]c3ccccc23)CC1.O=C(O)C(C1CCN(C(=S)Nc2cccc(C(F)(F)F)c2)CC1)N1CCC(c2c[nH]c3ccccc23)CC1. The van der Waals surface area contributed by atoms with Crippen molar-refractivity contribution in [2.45, 2.75) is 87.6 Å². The lowest BCUT2D eigenvalue weighted by Crippen LogP contribution is -2.52. The number of H-pyrrole nitrogens is 2. The number of para-hydroxylation sites is 2. The summed E-state index contributed by atoms with van der Waals surface area (Å²) < 4.78 is 77.5. The molecule has 0 saturated carbocycles. The highest BCUT2D eigenvalue weighted by molar-refractivity contribution is 7.80. The molecule has 4 aromatic carbocycles. The third-order valence-electron chi connectivity index (χ3n) is 15.9. The Hall–Kier alpha value is -6.22. The average Bonchev–Trinajstić information content (AvgIpc) is 4.07. The number of carbonyl (C=O) groups is 2. The highest BCUT2D eigenvalue weighted by atomic mass is 32.1. The van der Waals surface area contributed by atoms with Crippen molar-refractivity contribution in [1.82, 2.24) is 29.6 Å². The number of aliphatic carboxylic acids is 2. The van der Waals surface area contributed by atoms with Crippen LogP contribution in [-0.2, 0) is 21.9 Å². The number of piperidine rings is 4. The topological polar surface area (TPSA) is 143 Å². The molecule has 12 nitrogen and oxygen atoms in total. The lowest BCUT2D eigenvalue weighted by molar-refractivity contribution is -0.147. The van der Waals surface area contributed by atoms with Crippen molar-refractivity contribution in [2.24, 2.45) is 11.8 Å². The van der Waals surface area contributed by atoms with Gasteiger partial charge in [-0.1, -0.05) is 42.5 Å². The lowest BCUT2D eigenvalue weighted by Gasteiger charge is -2.42. The summed E-state index contributed by atoms with van der Waals surface area (Å²) in [6.45, 7) is 5.29. The second kappa shape index (κ2) is 23.6. The minimum atomic E-state index is -4.42. The largest absolute Gasteiger partial charge is 0.480 e. The first-order chi connectivity index (χ1) is 36.4. The molecule has 4 aliphatic heterocycles. The van der Waals surface area contributed by atoms with Gasteiger partial charge in [-0.25, -0.2) is 0 Å². The number of likely N-dealkylation sites (tertiary alicyclic amines) is 4. The van der Waals surface area contributed by atoms with Gasteiger partial charge in [0.25, 0.3) is 0 Å². The fourth-order valence-corrected chi connectivity index (χ4v) is 12.5. The maximum Gasteiger partial charge on any atom is 0.416 e. The Kier molecular flexibility index (Phi) is 16.9. The zero-order valence-corrected chi connectivity index (χ0v) is 43.4. The van der Waals surface area contributed by atoms with E-state index in [0.29, 0.717) is 79.6 Å². The molecule has 2 unspecified atom stereocenters. The first-order valence-electron chi connectivity index (χ1n) is 25.9. The van der Waals surface area contributed by atoms with Crippen molar-refractivity contribution in [3.05, 3.63) is 132 Å². The highest BCUT2D eigenvalue weighted by Crippen LogP contribution is 2.38. The van der Waals surface area contributed by atoms with Crippen LogP contribution in [0.3, 0.4) is 0 Å². The van der Waals surface area contributed by atoms with Crippen molar-refractivity contribution in [3.8, 4) is 0 Å². The Labute approximate surface area is 447 Å². The van der Waals surface area contributed by atoms with Crippen molar-refractivity contribution >= 4 is 79.8 Å². The molecular formula is C56H62F6N8O4S2. The van der Waals surface area contributed by atoms with Crippen LogP contribution < -0.4 is 10.6 Å². The van der Waals surface area contributed by atoms with Gasteiger partial charge in [0.2, 0.25) is 0 Å². The number of nitrogens with one attached hydrogen (secondary N) is 4. The Morgan fingerprint density at radius 3 is 1.33 bits per heavy atom. The molecule has 4 aliphatic rings. The number of rotatable bonds is 10. The molecule has 0 radical (unpaired) electrons. The number of carboxylic acids is 2. The van der Waals surface area contributed by atoms with E-state index in [9.17, 15) is 46.1 Å². The summed E-state index contributed by atoms with van der Waals surface area (Å²) in [5.74, 6) is -0.754. The second-order valence-electron chi connectivity index (χ2n) is 20.4. The number of alkyl halides is 6. The standard InChI is InChI=1S/2C28H31F3N4O2S/c29-28(30,31)20-4-3-5-21(16-20)33-27(38)35-14-10-19(11-15-35)25(26(36)37)34-12-8-18(9-13-34)23-17-32-24-7-2-1-6-22(23)24;29-28(30,31)20-5-7-21(8-6-20)33-27(38)35-15-11-19(12-16-35)25(26(36)37)34-13-9-18(10-14-34)23-17-32-24-4-2-1-3-22(23)24/h1-7,16-19,25,32H,8-15H2,(H,33,38)(H,36,37);1-8,17-19,25,32H,9-16H2,(H,33,38)(H,36,37). The van der Waals surface area contributed by atoms with Crippen LogP contribution in [0.4, 0.5) is 37.7 Å². The Morgan fingerprint density at radius 2 is 0.921 bits per heavy atom. The van der Waals surface area contributed by atoms with Gasteiger partial charge in [0.1, 0.15) is 12.1 Å². The van der Waals surface area contributed by atoms with E-state index in [1.807, 2.05) is 34.1 Å². The molecule has 2 aromatic heterocycles. The molecule has 76 heavy (non-hydrogen) atoms. The molecule has 10 rings (SSSR count). The van der Waals surface area contributed by atoms with Crippen LogP contribution in [-0.4, -0.2) is 126 Å². The van der Waals surface area contributed by atoms with Gasteiger partial charge in [-0.3, -0.25) is 19.4 Å². The first kappa shape index (κ1) is 54.6. The molecule has 2 atom stereocenters. The summed E-state index contributed by atoms with van der Waals surface area (Å²) in [6, 6.07) is 25.2. The van der Waals surface area contributed by atoms with Gasteiger partial charge in [-0.2, -0.15) is 26.3 Å². The van der Waals surface area contributed by atoms with Gasteiger partial charge in [-0.05, 0) is 191 Å². The number of aromatic amines is 2. The van der Waals surface area contributed by atoms with E-state index in [1.165, 1.54) is 40.1 Å². The molecule has 4 fully saturated rings. The van der Waals surface area contributed by atoms with Gasteiger partial charge in [0.05, 0.1) is 11.1 Å². The summed E-state index contributed by atoms with van der Waals surface area (Å²) in [7, 11) is 0. The van der Waals surface area contributed by atoms with E-state index in [4.69, 9.17) is 24.4 Å². The third-order valence-corrected chi connectivity index (χ3v) is 16.6. The predicted molar refractivity (Wildman–Crippen MR) is 290 cm³/mol. The fourth-order valence-electron chi connectivity index (χ4n) is 11.9. The number of halogens is 6. The molecule has 6 heterocycles. The van der Waals surface area contributed by atoms with E-state index in [-0.39, 0.29) is 17.5 Å². The van der Waals surface area contributed by atoms with E-state index in [1.54, 1.807) is 6.07 Å². The van der Waals surface area contributed by atoms with Crippen LogP contribution in [0, 0.1) is 11.8 Å². The molecular weight excluding hydrogens is 1030 g/mol. The molecule has 6 N–H and O–H groups in total. The van der Waals surface area contributed by atoms with Crippen LogP contribution in [0.2, 0.25) is 0 Å². The van der Waals surface area contributed by atoms with Crippen LogP contribution in [0.5, 0.6) is 0 Å². The number of thiocarbonyl (C=S) groups is 2. The van der Waals surface area contributed by atoms with Crippen molar-refractivity contribution in [1.29, 1.82) is 0 Å². The smallest absolute Gasteiger partial charge is 0.416 e. The molecule has 0 bridgehead atoms. The first-order valence-corrected chi connectivity index (χ1v) is 26.7. The molecule has 6 aromatic rings. The third kappa shape index (κ3) is 12.8. The van der Waals surface area contributed by atoms with E-state index >= 15 is 0 Å². The number of aromatic nitrogens is 2. The number of hydrogen-bond donors (Lipinski definition) is 6. The number of benzene rings is 4. The maximum absolute atomic E-state index is 13.0. The van der Waals surface area contributed by atoms with Crippen LogP contribution in [0.15, 0.2) is 109 Å². The van der Waals surface area contributed by atoms with Crippen molar-refractivity contribution in [2.75, 3.05) is 63.0 Å². The van der Waals surface area contributed by atoms with Crippen LogP contribution in [0.1, 0.15) is 85.5 Å². The number of anilines is 2. The van der Waals surface area contributed by atoms with E-state index in [2.05, 4.69) is 67.1 Å². The highest BCUT2D eigenvalue weighted by Gasteiger charge is 2.40. The summed E-state index contributed by atoms with van der Waals surface area (Å²) in [6.07, 6.45) is 1.74. The Bertz CT molecular complexity index is 2970. The molecule has 404 valence electrons.